The highest BCUT2D eigenvalue weighted by Crippen LogP contribution is 2.25. The molecule has 0 aromatic carbocycles. The molecule has 1 saturated heterocycles. The molecule has 1 fully saturated rings. The quantitative estimate of drug-likeness (QED) is 0.749. The third-order valence-corrected chi connectivity index (χ3v) is 2.94. The second-order valence-corrected chi connectivity index (χ2v) is 6.07. The zero-order valence-corrected chi connectivity index (χ0v) is 13.3. The highest BCUT2D eigenvalue weighted by Gasteiger charge is 2.37. The lowest BCUT2D eigenvalue weighted by molar-refractivity contribution is -0.144. The highest BCUT2D eigenvalue weighted by molar-refractivity contribution is 5.69. The highest BCUT2D eigenvalue weighted by atomic mass is 16.6. The number of rotatable bonds is 4. The molecule has 1 aromatic rings. The molecule has 2 heterocycles. The maximum absolute atomic E-state index is 11.8. The largest absolute Gasteiger partial charge is 0.465 e. The molecule has 2 rings (SSSR count). The van der Waals surface area contributed by atoms with Crippen LogP contribution in [-0.4, -0.2) is 62.5 Å². The van der Waals surface area contributed by atoms with Gasteiger partial charge in [0.25, 0.3) is 0 Å². The summed E-state index contributed by atoms with van der Waals surface area (Å²) < 4.78 is 10.1. The number of carbonyl (C=O) groups excluding carboxylic acids is 2. The molecule has 0 bridgehead atoms. The van der Waals surface area contributed by atoms with Crippen LogP contribution in [0.1, 0.15) is 39.4 Å². The minimum absolute atomic E-state index is 0.0171. The number of ether oxygens (including phenoxy) is 2. The molecule has 9 heteroatoms. The van der Waals surface area contributed by atoms with Gasteiger partial charge in [-0.3, -0.25) is 0 Å². The van der Waals surface area contributed by atoms with Crippen molar-refractivity contribution in [1.82, 2.24) is 25.1 Å². The van der Waals surface area contributed by atoms with E-state index < -0.39 is 11.6 Å². The second kappa shape index (κ2) is 6.29. The Hall–Kier alpha value is -2.19. The fourth-order valence-corrected chi connectivity index (χ4v) is 1.93. The summed E-state index contributed by atoms with van der Waals surface area (Å²) in [6.45, 7) is 8.43. The standard InChI is InChI=1S/C13H21N5O4/c1-5-21-10(19)8-18-15-11(14-16-18)9-6-17(7-9)12(20)22-13(2,3)4/h9H,5-8H2,1-4H3. The monoisotopic (exact) mass is 311 g/mol. The molecular formula is C13H21N5O4. The summed E-state index contributed by atoms with van der Waals surface area (Å²) in [6.07, 6.45) is -0.345. The van der Waals surface area contributed by atoms with Crippen LogP contribution in [0, 0.1) is 0 Å². The SMILES string of the molecule is CCOC(=O)Cn1nnc(C2CN(C(=O)OC(C)(C)C)C2)n1. The molecule has 0 radical (unpaired) electrons. The molecule has 22 heavy (non-hydrogen) atoms. The number of esters is 1. The second-order valence-electron chi connectivity index (χ2n) is 6.07. The smallest absolute Gasteiger partial charge is 0.410 e. The summed E-state index contributed by atoms with van der Waals surface area (Å²) >= 11 is 0. The molecule has 1 aliphatic heterocycles. The summed E-state index contributed by atoms with van der Waals surface area (Å²) in [7, 11) is 0. The van der Waals surface area contributed by atoms with Crippen LogP contribution in [0.2, 0.25) is 0 Å². The van der Waals surface area contributed by atoms with E-state index in [1.165, 1.54) is 4.80 Å². The van der Waals surface area contributed by atoms with Gasteiger partial charge in [-0.05, 0) is 32.9 Å². The lowest BCUT2D eigenvalue weighted by Gasteiger charge is -2.38. The van der Waals surface area contributed by atoms with E-state index in [-0.39, 0.29) is 18.6 Å². The molecule has 0 spiro atoms. The van der Waals surface area contributed by atoms with E-state index in [0.29, 0.717) is 25.5 Å². The first-order valence-corrected chi connectivity index (χ1v) is 7.19. The maximum Gasteiger partial charge on any atom is 0.410 e. The van der Waals surface area contributed by atoms with E-state index >= 15 is 0 Å². The van der Waals surface area contributed by atoms with Crippen LogP contribution in [0.3, 0.4) is 0 Å². The summed E-state index contributed by atoms with van der Waals surface area (Å²) in [5.41, 5.74) is -0.511. The first-order valence-electron chi connectivity index (χ1n) is 7.19. The number of hydrogen-bond acceptors (Lipinski definition) is 7. The Morgan fingerprint density at radius 1 is 1.32 bits per heavy atom. The van der Waals surface area contributed by atoms with E-state index in [9.17, 15) is 9.59 Å². The van der Waals surface area contributed by atoms with Crippen LogP contribution < -0.4 is 0 Å². The zero-order chi connectivity index (χ0) is 16.3. The third-order valence-electron chi connectivity index (χ3n) is 2.94. The lowest BCUT2D eigenvalue weighted by Crippen LogP contribution is -2.50. The lowest BCUT2D eigenvalue weighted by atomic mass is 10.0. The number of tetrazole rings is 1. The van der Waals surface area contributed by atoms with Crippen molar-refractivity contribution in [3.05, 3.63) is 5.82 Å². The van der Waals surface area contributed by atoms with Gasteiger partial charge in [-0.2, -0.15) is 4.80 Å². The normalized spacial score (nSPS) is 15.4. The number of hydrogen-bond donors (Lipinski definition) is 0. The fourth-order valence-electron chi connectivity index (χ4n) is 1.93. The Balaban J connectivity index is 1.82. The van der Waals surface area contributed by atoms with Gasteiger partial charge in [-0.25, -0.2) is 9.59 Å². The predicted molar refractivity (Wildman–Crippen MR) is 75.0 cm³/mol. The number of aromatic nitrogens is 4. The third kappa shape index (κ3) is 4.15. The van der Waals surface area contributed by atoms with E-state index in [2.05, 4.69) is 15.4 Å². The Labute approximate surface area is 128 Å². The van der Waals surface area contributed by atoms with Gasteiger partial charge in [-0.15, -0.1) is 10.2 Å². The summed E-state index contributed by atoms with van der Waals surface area (Å²) in [5, 5.41) is 11.9. The van der Waals surface area contributed by atoms with Crippen LogP contribution in [0.25, 0.3) is 0 Å². The average molecular weight is 311 g/mol. The van der Waals surface area contributed by atoms with Crippen molar-refractivity contribution in [3.63, 3.8) is 0 Å². The van der Waals surface area contributed by atoms with Crippen LogP contribution in [0.15, 0.2) is 0 Å². The Bertz CT molecular complexity index is 545. The molecule has 0 atom stereocenters. The predicted octanol–water partition coefficient (Wildman–Crippen LogP) is 0.570. The van der Waals surface area contributed by atoms with Crippen LogP contribution >= 0.6 is 0 Å². The molecule has 9 nitrogen and oxygen atoms in total. The van der Waals surface area contributed by atoms with Gasteiger partial charge in [0.15, 0.2) is 12.4 Å². The average Bonchev–Trinajstić information content (AvgIpc) is 2.72. The molecule has 1 amide bonds. The number of likely N-dealkylation sites (tertiary alicyclic amines) is 1. The molecule has 0 saturated carbocycles. The molecule has 0 unspecified atom stereocenters. The van der Waals surface area contributed by atoms with Crippen molar-refractivity contribution in [1.29, 1.82) is 0 Å². The van der Waals surface area contributed by atoms with Crippen molar-refractivity contribution < 1.29 is 19.1 Å². The van der Waals surface area contributed by atoms with E-state index in [1.807, 2.05) is 20.8 Å². The van der Waals surface area contributed by atoms with Gasteiger partial charge in [-0.1, -0.05) is 0 Å². The molecule has 122 valence electrons. The Morgan fingerprint density at radius 2 is 2.00 bits per heavy atom. The number of carbonyl (C=O) groups is 2. The van der Waals surface area contributed by atoms with E-state index in [0.717, 1.165) is 0 Å². The molecule has 0 aliphatic carbocycles. The van der Waals surface area contributed by atoms with Gasteiger partial charge in [0, 0.05) is 13.1 Å². The van der Waals surface area contributed by atoms with Crippen molar-refractivity contribution in [2.45, 2.75) is 45.8 Å². The number of amides is 1. The summed E-state index contributed by atoms with van der Waals surface area (Å²) in [4.78, 5) is 25.9. The fraction of sp³-hybridized carbons (Fsp3) is 0.769. The van der Waals surface area contributed by atoms with E-state index in [1.54, 1.807) is 11.8 Å². The topological polar surface area (TPSA) is 99.4 Å². The minimum atomic E-state index is -0.511. The Kier molecular flexibility index (Phi) is 4.62. The van der Waals surface area contributed by atoms with Crippen LogP contribution in [-0.2, 0) is 20.8 Å². The van der Waals surface area contributed by atoms with E-state index in [4.69, 9.17) is 9.47 Å². The van der Waals surface area contributed by atoms with Gasteiger partial charge in [0.1, 0.15) is 5.60 Å². The summed E-state index contributed by atoms with van der Waals surface area (Å²) in [5.74, 6) is 0.128. The summed E-state index contributed by atoms with van der Waals surface area (Å²) in [6, 6.07) is 0. The van der Waals surface area contributed by atoms with Crippen molar-refractivity contribution in [3.8, 4) is 0 Å². The minimum Gasteiger partial charge on any atom is -0.465 e. The maximum atomic E-state index is 11.8. The Morgan fingerprint density at radius 3 is 2.59 bits per heavy atom. The van der Waals surface area contributed by atoms with Crippen molar-refractivity contribution >= 4 is 12.1 Å². The number of nitrogens with zero attached hydrogens (tertiary/aromatic N) is 5. The zero-order valence-electron chi connectivity index (χ0n) is 13.3. The molecular weight excluding hydrogens is 290 g/mol. The van der Waals surface area contributed by atoms with Crippen LogP contribution in [0.5, 0.6) is 0 Å². The van der Waals surface area contributed by atoms with Crippen molar-refractivity contribution in [2.75, 3.05) is 19.7 Å². The molecule has 0 N–H and O–H groups in total. The van der Waals surface area contributed by atoms with Gasteiger partial charge in [0.2, 0.25) is 0 Å². The first-order chi connectivity index (χ1) is 10.3. The van der Waals surface area contributed by atoms with Crippen molar-refractivity contribution in [2.24, 2.45) is 0 Å². The van der Waals surface area contributed by atoms with Gasteiger partial charge >= 0.3 is 12.1 Å². The molecule has 1 aliphatic rings. The van der Waals surface area contributed by atoms with Crippen LogP contribution in [0.4, 0.5) is 4.79 Å². The van der Waals surface area contributed by atoms with Gasteiger partial charge in [0.05, 0.1) is 12.5 Å². The first kappa shape index (κ1) is 16.2. The molecule has 1 aromatic heterocycles. The van der Waals surface area contributed by atoms with Gasteiger partial charge < -0.3 is 14.4 Å².